The highest BCUT2D eigenvalue weighted by Gasteiger charge is 2.30. The van der Waals surface area contributed by atoms with Crippen LogP contribution in [0.5, 0.6) is 0 Å². The lowest BCUT2D eigenvalue weighted by molar-refractivity contribution is -0.174. The van der Waals surface area contributed by atoms with Gasteiger partial charge in [0.25, 0.3) is 0 Å². The molecule has 2 aromatic rings. The third-order valence-electron chi connectivity index (χ3n) is 5.23. The van der Waals surface area contributed by atoms with E-state index in [-0.39, 0.29) is 18.4 Å². The Labute approximate surface area is 175 Å². The molecule has 1 aliphatic rings. The second kappa shape index (κ2) is 10.6. The lowest BCUT2D eigenvalue weighted by atomic mass is 9.90. The van der Waals surface area contributed by atoms with Crippen molar-refractivity contribution in [3.8, 4) is 0 Å². The zero-order valence-electron chi connectivity index (χ0n) is 16.9. The van der Waals surface area contributed by atoms with E-state index in [0.29, 0.717) is 39.1 Å². The highest BCUT2D eigenvalue weighted by molar-refractivity contribution is 5.87. The van der Waals surface area contributed by atoms with E-state index in [0.717, 1.165) is 11.1 Å². The number of hydrogen-bond donors (Lipinski definition) is 0. The summed E-state index contributed by atoms with van der Waals surface area (Å²) in [6.07, 6.45) is -3.74. The molecular weight excluding hydrogens is 393 g/mol. The molecule has 2 aromatic carbocycles. The van der Waals surface area contributed by atoms with Gasteiger partial charge >= 0.3 is 6.18 Å². The van der Waals surface area contributed by atoms with Crippen molar-refractivity contribution < 1.29 is 22.7 Å². The fraction of sp³-hybridized carbons (Fsp3) is 0.435. The summed E-state index contributed by atoms with van der Waals surface area (Å²) in [7, 11) is 0. The van der Waals surface area contributed by atoms with Crippen LogP contribution in [0.25, 0.3) is 0 Å². The first-order valence-electron chi connectivity index (χ1n) is 10.2. The Hall–Kier alpha value is -2.38. The van der Waals surface area contributed by atoms with Gasteiger partial charge in [0, 0.05) is 39.3 Å². The Balaban J connectivity index is 1.53. The van der Waals surface area contributed by atoms with E-state index in [9.17, 15) is 18.0 Å². The minimum atomic E-state index is -4.28. The van der Waals surface area contributed by atoms with E-state index in [4.69, 9.17) is 0 Å². The molecule has 1 fully saturated rings. The largest absolute Gasteiger partial charge is 0.411 e. The molecular formula is C23H27F3N2O2. The average molecular weight is 420 g/mol. The van der Waals surface area contributed by atoms with Gasteiger partial charge in [-0.1, -0.05) is 60.7 Å². The number of piperazine rings is 1. The zero-order chi connectivity index (χ0) is 21.4. The van der Waals surface area contributed by atoms with Crippen LogP contribution in [-0.4, -0.2) is 67.8 Å². The van der Waals surface area contributed by atoms with Crippen LogP contribution < -0.4 is 0 Å². The molecule has 0 atom stereocenters. The first-order chi connectivity index (χ1) is 14.4. The number of carbonyl (C=O) groups excluding carboxylic acids is 1. The number of rotatable bonds is 8. The molecule has 0 aliphatic carbocycles. The summed E-state index contributed by atoms with van der Waals surface area (Å²) in [6.45, 7) is 2.19. The Kier molecular flexibility index (Phi) is 7.87. The number of alkyl halides is 3. The smallest absolute Gasteiger partial charge is 0.372 e. The van der Waals surface area contributed by atoms with Gasteiger partial charge in [-0.2, -0.15) is 13.2 Å². The predicted octanol–water partition coefficient (Wildman–Crippen LogP) is 3.93. The van der Waals surface area contributed by atoms with E-state index in [1.54, 1.807) is 0 Å². The molecule has 162 valence electrons. The molecule has 7 heteroatoms. The van der Waals surface area contributed by atoms with Crippen LogP contribution in [0.2, 0.25) is 0 Å². The van der Waals surface area contributed by atoms with Crippen LogP contribution in [0.1, 0.15) is 23.5 Å². The fourth-order valence-corrected chi connectivity index (χ4v) is 3.72. The normalized spacial score (nSPS) is 15.5. The van der Waals surface area contributed by atoms with Gasteiger partial charge in [0.1, 0.15) is 6.61 Å². The van der Waals surface area contributed by atoms with Crippen molar-refractivity contribution in [2.24, 2.45) is 0 Å². The number of carbonyl (C=O) groups is 1. The Morgan fingerprint density at radius 2 is 1.43 bits per heavy atom. The van der Waals surface area contributed by atoms with Gasteiger partial charge in [-0.3, -0.25) is 9.69 Å². The summed E-state index contributed by atoms with van der Waals surface area (Å²) >= 11 is 0. The number of halogens is 3. The van der Waals surface area contributed by atoms with Crippen molar-refractivity contribution >= 4 is 5.91 Å². The minimum absolute atomic E-state index is 0.0839. The Morgan fingerprint density at radius 3 is 1.93 bits per heavy atom. The maximum absolute atomic E-state index is 13.4. The first-order valence-corrected chi connectivity index (χ1v) is 10.2. The van der Waals surface area contributed by atoms with Crippen LogP contribution >= 0.6 is 0 Å². The van der Waals surface area contributed by atoms with Crippen molar-refractivity contribution in [1.82, 2.24) is 9.80 Å². The summed E-state index contributed by atoms with van der Waals surface area (Å²) in [5, 5.41) is 0. The summed E-state index contributed by atoms with van der Waals surface area (Å²) < 4.78 is 40.9. The van der Waals surface area contributed by atoms with Crippen molar-refractivity contribution in [2.75, 3.05) is 45.9 Å². The van der Waals surface area contributed by atoms with Crippen molar-refractivity contribution in [3.05, 3.63) is 71.8 Å². The lowest BCUT2D eigenvalue weighted by Gasteiger charge is -2.36. The lowest BCUT2D eigenvalue weighted by Crippen LogP contribution is -2.50. The van der Waals surface area contributed by atoms with Gasteiger partial charge in [-0.05, 0) is 17.5 Å². The van der Waals surface area contributed by atoms with Crippen LogP contribution in [0.3, 0.4) is 0 Å². The molecule has 0 bridgehead atoms. The molecule has 30 heavy (non-hydrogen) atoms. The van der Waals surface area contributed by atoms with Crippen molar-refractivity contribution in [3.63, 3.8) is 0 Å². The molecule has 1 aliphatic heterocycles. The highest BCUT2D eigenvalue weighted by atomic mass is 19.4. The van der Waals surface area contributed by atoms with Crippen LogP contribution in [0.15, 0.2) is 60.7 Å². The maximum Gasteiger partial charge on any atom is 0.411 e. The number of hydrogen-bond acceptors (Lipinski definition) is 3. The number of benzene rings is 2. The molecule has 1 saturated heterocycles. The summed E-state index contributed by atoms with van der Waals surface area (Å²) in [6, 6.07) is 19.6. The molecule has 0 unspecified atom stereocenters. The molecule has 0 radical (unpaired) electrons. The predicted molar refractivity (Wildman–Crippen MR) is 109 cm³/mol. The van der Waals surface area contributed by atoms with E-state index in [2.05, 4.69) is 9.64 Å². The quantitative estimate of drug-likeness (QED) is 0.607. The molecule has 3 rings (SSSR count). The van der Waals surface area contributed by atoms with Crippen LogP contribution in [0.4, 0.5) is 13.2 Å². The van der Waals surface area contributed by atoms with Gasteiger partial charge in [0.15, 0.2) is 0 Å². The van der Waals surface area contributed by atoms with Crippen LogP contribution in [-0.2, 0) is 9.53 Å². The Morgan fingerprint density at radius 1 is 0.900 bits per heavy atom. The van der Waals surface area contributed by atoms with Gasteiger partial charge in [-0.15, -0.1) is 0 Å². The summed E-state index contributed by atoms with van der Waals surface area (Å²) in [4.78, 5) is 17.4. The summed E-state index contributed by atoms with van der Waals surface area (Å²) in [5.41, 5.74) is 1.94. The molecule has 0 N–H and O–H groups in total. The van der Waals surface area contributed by atoms with Crippen LogP contribution in [0, 0.1) is 0 Å². The highest BCUT2D eigenvalue weighted by Crippen LogP contribution is 2.27. The van der Waals surface area contributed by atoms with E-state index >= 15 is 0 Å². The second-order valence-corrected chi connectivity index (χ2v) is 7.44. The molecule has 4 nitrogen and oxygen atoms in total. The number of nitrogens with zero attached hydrogens (tertiary/aromatic N) is 2. The average Bonchev–Trinajstić information content (AvgIpc) is 2.75. The third kappa shape index (κ3) is 6.57. The first kappa shape index (κ1) is 22.3. The second-order valence-electron chi connectivity index (χ2n) is 7.44. The minimum Gasteiger partial charge on any atom is -0.372 e. The molecule has 1 heterocycles. The summed E-state index contributed by atoms with van der Waals surface area (Å²) in [5.74, 6) is -0.254. The monoisotopic (exact) mass is 420 g/mol. The third-order valence-corrected chi connectivity index (χ3v) is 5.23. The standard InChI is InChI=1S/C23H27F3N2O2/c24-23(25,26)18-30-17-7-12-27-13-15-28(16-14-27)22(29)21(19-8-3-1-4-9-19)20-10-5-2-6-11-20/h1-6,8-11,21H,7,12-18H2. The van der Waals surface area contributed by atoms with Gasteiger partial charge in [-0.25, -0.2) is 0 Å². The Bertz CT molecular complexity index is 737. The topological polar surface area (TPSA) is 32.8 Å². The molecule has 0 saturated carbocycles. The molecule has 0 spiro atoms. The van der Waals surface area contributed by atoms with Gasteiger partial charge < -0.3 is 9.64 Å². The molecule has 1 amide bonds. The zero-order valence-corrected chi connectivity index (χ0v) is 16.9. The number of amides is 1. The SMILES string of the molecule is O=C(C(c1ccccc1)c1ccccc1)N1CCN(CCCOCC(F)(F)F)CC1. The van der Waals surface area contributed by atoms with E-state index in [1.165, 1.54) is 0 Å². The number of ether oxygens (including phenoxy) is 1. The van der Waals surface area contributed by atoms with Gasteiger partial charge in [0.05, 0.1) is 5.92 Å². The maximum atomic E-state index is 13.4. The molecule has 0 aromatic heterocycles. The van der Waals surface area contributed by atoms with E-state index in [1.807, 2.05) is 65.6 Å². The van der Waals surface area contributed by atoms with Crippen molar-refractivity contribution in [2.45, 2.75) is 18.5 Å². The van der Waals surface area contributed by atoms with Gasteiger partial charge in [0.2, 0.25) is 5.91 Å². The fourth-order valence-electron chi connectivity index (χ4n) is 3.72. The van der Waals surface area contributed by atoms with Crippen molar-refractivity contribution in [1.29, 1.82) is 0 Å². The van der Waals surface area contributed by atoms with E-state index < -0.39 is 12.8 Å².